The summed E-state index contributed by atoms with van der Waals surface area (Å²) < 4.78 is 28.8. The van der Waals surface area contributed by atoms with Crippen LogP contribution in [0, 0.1) is 11.6 Å². The van der Waals surface area contributed by atoms with Crippen molar-refractivity contribution in [1.82, 2.24) is 29.7 Å². The molecule has 4 rings (SSSR count). The molecule has 0 atom stereocenters. The number of benzene rings is 1. The third kappa shape index (κ3) is 3.13. The molecular weight excluding hydrogens is 370 g/mol. The van der Waals surface area contributed by atoms with E-state index in [1.165, 1.54) is 6.33 Å². The third-order valence-corrected chi connectivity index (χ3v) is 4.01. The first-order valence-electron chi connectivity index (χ1n) is 8.21. The van der Waals surface area contributed by atoms with Gasteiger partial charge in [0.05, 0.1) is 11.9 Å². The first kappa shape index (κ1) is 17.5. The van der Waals surface area contributed by atoms with E-state index in [-0.39, 0.29) is 17.1 Å². The fraction of sp³-hybridized carbons (Fsp3) is 0.118. The van der Waals surface area contributed by atoms with Gasteiger partial charge in [0.15, 0.2) is 23.0 Å². The largest absolute Gasteiger partial charge is 0.505 e. The monoisotopic (exact) mass is 384 g/mol. The molecule has 0 aliphatic heterocycles. The molecule has 0 saturated heterocycles. The standard InChI is InChI=1S/C17H14F2N8O/c18-10-6-9(7-11(28)13(10)19)14-12-15(20)24-8-25-16(12)27(26-14)5-4-23-17-21-2-1-3-22-17/h1-3,6-8,28H,4-5H2,(H2,20,24,25)(H,21,22,23). The topological polar surface area (TPSA) is 128 Å². The van der Waals surface area contributed by atoms with Gasteiger partial charge in [0.1, 0.15) is 17.8 Å². The number of rotatable bonds is 5. The minimum atomic E-state index is -1.33. The van der Waals surface area contributed by atoms with Crippen LogP contribution >= 0.6 is 0 Å². The summed E-state index contributed by atoms with van der Waals surface area (Å²) in [5.74, 6) is -2.76. The predicted molar refractivity (Wildman–Crippen MR) is 97.3 cm³/mol. The molecule has 1 aromatic carbocycles. The molecule has 11 heteroatoms. The fourth-order valence-corrected chi connectivity index (χ4v) is 2.76. The molecule has 0 amide bonds. The van der Waals surface area contributed by atoms with E-state index in [1.54, 1.807) is 23.1 Å². The highest BCUT2D eigenvalue weighted by molar-refractivity contribution is 5.98. The zero-order valence-electron chi connectivity index (χ0n) is 14.3. The Morgan fingerprint density at radius 3 is 2.64 bits per heavy atom. The second-order valence-electron chi connectivity index (χ2n) is 5.82. The molecule has 9 nitrogen and oxygen atoms in total. The number of aromatic hydroxyl groups is 1. The average Bonchev–Trinajstić information content (AvgIpc) is 3.07. The lowest BCUT2D eigenvalue weighted by Crippen LogP contribution is -2.13. The van der Waals surface area contributed by atoms with E-state index in [1.807, 2.05) is 0 Å². The maximum atomic E-state index is 13.8. The van der Waals surface area contributed by atoms with Crippen molar-refractivity contribution in [2.75, 3.05) is 17.6 Å². The van der Waals surface area contributed by atoms with Crippen LogP contribution in [-0.2, 0) is 6.54 Å². The maximum absolute atomic E-state index is 13.8. The van der Waals surface area contributed by atoms with Gasteiger partial charge >= 0.3 is 0 Å². The van der Waals surface area contributed by atoms with Crippen LogP contribution in [0.5, 0.6) is 5.75 Å². The first-order valence-corrected chi connectivity index (χ1v) is 8.21. The van der Waals surface area contributed by atoms with Gasteiger partial charge in [0.25, 0.3) is 0 Å². The first-order chi connectivity index (χ1) is 13.5. The molecule has 0 unspecified atom stereocenters. The number of nitrogens with two attached hydrogens (primary N) is 1. The van der Waals surface area contributed by atoms with Crippen molar-refractivity contribution in [2.24, 2.45) is 0 Å². The van der Waals surface area contributed by atoms with Gasteiger partial charge < -0.3 is 16.2 Å². The smallest absolute Gasteiger partial charge is 0.222 e. The van der Waals surface area contributed by atoms with Crippen LogP contribution in [0.4, 0.5) is 20.5 Å². The van der Waals surface area contributed by atoms with Crippen LogP contribution in [0.15, 0.2) is 36.9 Å². The van der Waals surface area contributed by atoms with Crippen LogP contribution in [0.1, 0.15) is 0 Å². The Bertz CT molecular complexity index is 1130. The number of nitrogens with one attached hydrogen (secondary N) is 1. The highest BCUT2D eigenvalue weighted by Crippen LogP contribution is 2.33. The van der Waals surface area contributed by atoms with Crippen molar-refractivity contribution in [1.29, 1.82) is 0 Å². The molecular formula is C17H14F2N8O. The Labute approximate surface area is 156 Å². The van der Waals surface area contributed by atoms with Crippen molar-refractivity contribution < 1.29 is 13.9 Å². The van der Waals surface area contributed by atoms with E-state index in [0.717, 1.165) is 12.1 Å². The number of phenolic OH excluding ortho intramolecular Hbond substituents is 1. The summed E-state index contributed by atoms with van der Waals surface area (Å²) in [6.07, 6.45) is 4.51. The van der Waals surface area contributed by atoms with Crippen LogP contribution in [0.2, 0.25) is 0 Å². The lowest BCUT2D eigenvalue weighted by Gasteiger charge is -2.05. The molecule has 0 aliphatic carbocycles. The molecule has 28 heavy (non-hydrogen) atoms. The highest BCUT2D eigenvalue weighted by Gasteiger charge is 2.20. The van der Waals surface area contributed by atoms with Gasteiger partial charge in [-0.1, -0.05) is 0 Å². The van der Waals surface area contributed by atoms with Crippen molar-refractivity contribution in [3.63, 3.8) is 0 Å². The number of nitrogen functional groups attached to an aromatic ring is 1. The Balaban J connectivity index is 1.72. The number of hydrogen-bond donors (Lipinski definition) is 3. The molecule has 0 saturated carbocycles. The Morgan fingerprint density at radius 2 is 1.89 bits per heavy atom. The number of fused-ring (bicyclic) bond motifs is 1. The van der Waals surface area contributed by atoms with Crippen molar-refractivity contribution in [3.8, 4) is 17.0 Å². The fourth-order valence-electron chi connectivity index (χ4n) is 2.76. The summed E-state index contributed by atoms with van der Waals surface area (Å²) >= 11 is 0. The summed E-state index contributed by atoms with van der Waals surface area (Å²) in [6, 6.07) is 3.71. The predicted octanol–water partition coefficient (Wildman–Crippen LogP) is 1.96. The molecule has 142 valence electrons. The second kappa shape index (κ2) is 7.02. The van der Waals surface area contributed by atoms with Gasteiger partial charge in [-0.05, 0) is 18.2 Å². The van der Waals surface area contributed by atoms with Gasteiger partial charge in [0.2, 0.25) is 5.95 Å². The van der Waals surface area contributed by atoms with E-state index in [0.29, 0.717) is 30.1 Å². The molecule has 4 N–H and O–H groups in total. The number of hydrogen-bond acceptors (Lipinski definition) is 8. The summed E-state index contributed by atoms with van der Waals surface area (Å²) in [7, 11) is 0. The van der Waals surface area contributed by atoms with Crippen LogP contribution in [0.25, 0.3) is 22.3 Å². The summed E-state index contributed by atoms with van der Waals surface area (Å²) in [4.78, 5) is 16.3. The van der Waals surface area contributed by atoms with Gasteiger partial charge in [0, 0.05) is 24.5 Å². The SMILES string of the molecule is Nc1ncnc2c1c(-c1cc(O)c(F)c(F)c1)nn2CCNc1ncccn1. The van der Waals surface area contributed by atoms with Crippen molar-refractivity contribution >= 4 is 22.8 Å². The van der Waals surface area contributed by atoms with E-state index >= 15 is 0 Å². The maximum Gasteiger partial charge on any atom is 0.222 e. The van der Waals surface area contributed by atoms with Crippen LogP contribution < -0.4 is 11.1 Å². The van der Waals surface area contributed by atoms with E-state index in [4.69, 9.17) is 5.73 Å². The molecule has 0 radical (unpaired) electrons. The van der Waals surface area contributed by atoms with Gasteiger partial charge in [-0.2, -0.15) is 9.49 Å². The number of aromatic nitrogens is 6. The summed E-state index contributed by atoms with van der Waals surface area (Å²) in [6.45, 7) is 0.786. The molecule has 0 aliphatic rings. The van der Waals surface area contributed by atoms with Crippen LogP contribution in [-0.4, -0.2) is 41.4 Å². The Morgan fingerprint density at radius 1 is 1.11 bits per heavy atom. The molecule has 4 aromatic rings. The summed E-state index contributed by atoms with van der Waals surface area (Å²) in [5, 5.41) is 17.5. The van der Waals surface area contributed by atoms with Crippen molar-refractivity contribution in [3.05, 3.63) is 48.6 Å². The zero-order valence-corrected chi connectivity index (χ0v) is 14.3. The number of nitrogens with zero attached hydrogens (tertiary/aromatic N) is 6. The van der Waals surface area contributed by atoms with Gasteiger partial charge in [-0.3, -0.25) is 0 Å². The molecule has 0 bridgehead atoms. The van der Waals surface area contributed by atoms with Gasteiger partial charge in [-0.15, -0.1) is 0 Å². The third-order valence-electron chi connectivity index (χ3n) is 4.01. The normalized spacial score (nSPS) is 11.1. The molecule has 0 spiro atoms. The minimum Gasteiger partial charge on any atom is -0.505 e. The highest BCUT2D eigenvalue weighted by atomic mass is 19.2. The van der Waals surface area contributed by atoms with E-state index < -0.39 is 17.4 Å². The lowest BCUT2D eigenvalue weighted by atomic mass is 10.1. The zero-order chi connectivity index (χ0) is 19.7. The van der Waals surface area contributed by atoms with Crippen molar-refractivity contribution in [2.45, 2.75) is 6.54 Å². The van der Waals surface area contributed by atoms with E-state index in [2.05, 4.69) is 30.4 Å². The molecule has 0 fully saturated rings. The minimum absolute atomic E-state index is 0.134. The number of phenols is 1. The molecule has 3 aromatic heterocycles. The summed E-state index contributed by atoms with van der Waals surface area (Å²) in [5.41, 5.74) is 6.77. The number of anilines is 2. The lowest BCUT2D eigenvalue weighted by molar-refractivity contribution is 0.407. The average molecular weight is 384 g/mol. The Kier molecular flexibility index (Phi) is 4.39. The Hall–Kier alpha value is -3.89. The van der Waals surface area contributed by atoms with Gasteiger partial charge in [-0.25, -0.2) is 29.0 Å². The number of halogens is 2. The van der Waals surface area contributed by atoms with E-state index in [9.17, 15) is 13.9 Å². The second-order valence-corrected chi connectivity index (χ2v) is 5.82. The van der Waals surface area contributed by atoms with Crippen LogP contribution in [0.3, 0.4) is 0 Å². The quantitative estimate of drug-likeness (QED) is 0.476. The molecule has 3 heterocycles.